The summed E-state index contributed by atoms with van der Waals surface area (Å²) in [6, 6.07) is 5.90. The molecule has 0 atom stereocenters. The van der Waals surface area contributed by atoms with Gasteiger partial charge in [0.2, 0.25) is 17.7 Å². The number of hydrogen-bond acceptors (Lipinski definition) is 8. The first kappa shape index (κ1) is 21.1. The number of thioether (sulfide) groups is 1. The standard InChI is InChI=1S/C16H15FN4O3S.CH2O2/c1-9-15(11-3-5-12(17)6-4-11)16(24-20-9)19-13(22)7-25-8-14-18-10(2)21-23-14;2-1-3/h3-6H,7-8H2,1-2H3,(H,19,22);1H,(H,2,3). The Bertz CT molecular complexity index is 926. The highest BCUT2D eigenvalue weighted by atomic mass is 32.2. The van der Waals surface area contributed by atoms with E-state index < -0.39 is 0 Å². The van der Waals surface area contributed by atoms with E-state index in [1.807, 2.05) is 0 Å². The second-order valence-electron chi connectivity index (χ2n) is 5.36. The lowest BCUT2D eigenvalue weighted by Gasteiger charge is -2.04. The number of anilines is 1. The highest BCUT2D eigenvalue weighted by Gasteiger charge is 2.17. The molecular weight excluding hydrogens is 391 g/mol. The average Bonchev–Trinajstić information content (AvgIpc) is 3.22. The summed E-state index contributed by atoms with van der Waals surface area (Å²) >= 11 is 1.34. The number of halogens is 1. The Kier molecular flexibility index (Phi) is 7.69. The molecule has 3 rings (SSSR count). The van der Waals surface area contributed by atoms with Gasteiger partial charge < -0.3 is 14.2 Å². The third-order valence-electron chi connectivity index (χ3n) is 3.28. The number of carbonyl (C=O) groups excluding carboxylic acids is 1. The van der Waals surface area contributed by atoms with Crippen molar-refractivity contribution in [3.63, 3.8) is 0 Å². The van der Waals surface area contributed by atoms with Crippen molar-refractivity contribution < 1.29 is 28.1 Å². The van der Waals surface area contributed by atoms with Gasteiger partial charge in [-0.25, -0.2) is 4.39 Å². The number of amides is 1. The van der Waals surface area contributed by atoms with Crippen LogP contribution in [0.3, 0.4) is 0 Å². The number of nitrogens with one attached hydrogen (secondary N) is 1. The highest BCUT2D eigenvalue weighted by molar-refractivity contribution is 7.99. The minimum atomic E-state index is -0.337. The Labute approximate surface area is 163 Å². The lowest BCUT2D eigenvalue weighted by atomic mass is 10.1. The van der Waals surface area contributed by atoms with Crippen LogP contribution in [0.15, 0.2) is 33.3 Å². The second kappa shape index (κ2) is 10.2. The van der Waals surface area contributed by atoms with Crippen molar-refractivity contribution in [2.75, 3.05) is 11.1 Å². The zero-order chi connectivity index (χ0) is 20.5. The van der Waals surface area contributed by atoms with Crippen LogP contribution >= 0.6 is 11.8 Å². The first-order valence-electron chi connectivity index (χ1n) is 7.91. The van der Waals surface area contributed by atoms with Gasteiger partial charge in [0.25, 0.3) is 6.47 Å². The molecule has 0 aliphatic carbocycles. The van der Waals surface area contributed by atoms with E-state index in [0.717, 1.165) is 0 Å². The maximum absolute atomic E-state index is 13.1. The predicted molar refractivity (Wildman–Crippen MR) is 99.2 cm³/mol. The van der Waals surface area contributed by atoms with Crippen molar-refractivity contribution in [3.8, 4) is 11.1 Å². The van der Waals surface area contributed by atoms with Gasteiger partial charge >= 0.3 is 0 Å². The molecule has 0 saturated carbocycles. The van der Waals surface area contributed by atoms with Gasteiger partial charge in [-0.15, -0.1) is 11.8 Å². The lowest BCUT2D eigenvalue weighted by Crippen LogP contribution is -2.14. The van der Waals surface area contributed by atoms with Crippen molar-refractivity contribution in [2.24, 2.45) is 0 Å². The summed E-state index contributed by atoms with van der Waals surface area (Å²) in [5, 5.41) is 17.1. The first-order chi connectivity index (χ1) is 13.4. The molecule has 1 amide bonds. The molecule has 0 unspecified atom stereocenters. The van der Waals surface area contributed by atoms with Crippen LogP contribution in [0.2, 0.25) is 0 Å². The molecule has 0 saturated heterocycles. The lowest BCUT2D eigenvalue weighted by molar-refractivity contribution is -0.123. The van der Waals surface area contributed by atoms with Gasteiger partial charge in [0.05, 0.1) is 22.8 Å². The van der Waals surface area contributed by atoms with Crippen LogP contribution in [0.25, 0.3) is 11.1 Å². The maximum Gasteiger partial charge on any atom is 0.290 e. The van der Waals surface area contributed by atoms with E-state index in [-0.39, 0.29) is 29.8 Å². The van der Waals surface area contributed by atoms with Crippen molar-refractivity contribution in [1.29, 1.82) is 0 Å². The maximum atomic E-state index is 13.1. The fourth-order valence-corrected chi connectivity index (χ4v) is 2.86. The minimum Gasteiger partial charge on any atom is -0.483 e. The number of aryl methyl sites for hydroxylation is 2. The summed E-state index contributed by atoms with van der Waals surface area (Å²) in [5.41, 5.74) is 1.95. The molecule has 11 heteroatoms. The zero-order valence-corrected chi connectivity index (χ0v) is 15.8. The summed E-state index contributed by atoms with van der Waals surface area (Å²) in [6.45, 7) is 3.23. The number of carbonyl (C=O) groups is 2. The molecule has 9 nitrogen and oxygen atoms in total. The van der Waals surface area contributed by atoms with Gasteiger partial charge in [0.1, 0.15) is 5.82 Å². The second-order valence-corrected chi connectivity index (χ2v) is 6.35. The van der Waals surface area contributed by atoms with E-state index in [9.17, 15) is 9.18 Å². The van der Waals surface area contributed by atoms with E-state index in [1.54, 1.807) is 26.0 Å². The highest BCUT2D eigenvalue weighted by Crippen LogP contribution is 2.31. The number of carboxylic acid groups (broad SMARTS) is 1. The topological polar surface area (TPSA) is 131 Å². The van der Waals surface area contributed by atoms with Gasteiger partial charge in [-0.2, -0.15) is 4.98 Å². The Morgan fingerprint density at radius 1 is 1.25 bits per heavy atom. The van der Waals surface area contributed by atoms with Gasteiger partial charge in [0, 0.05) is 0 Å². The molecule has 3 aromatic rings. The van der Waals surface area contributed by atoms with Crippen LogP contribution in [0.1, 0.15) is 17.4 Å². The van der Waals surface area contributed by atoms with Crippen molar-refractivity contribution in [1.82, 2.24) is 15.3 Å². The van der Waals surface area contributed by atoms with Gasteiger partial charge in [-0.3, -0.25) is 14.9 Å². The molecule has 2 heterocycles. The Morgan fingerprint density at radius 3 is 2.54 bits per heavy atom. The van der Waals surface area contributed by atoms with Gasteiger partial charge in [-0.1, -0.05) is 22.4 Å². The quantitative estimate of drug-likeness (QED) is 0.591. The van der Waals surface area contributed by atoms with Crippen molar-refractivity contribution in [3.05, 3.63) is 47.5 Å². The molecule has 2 N–H and O–H groups in total. The van der Waals surface area contributed by atoms with Crippen LogP contribution in [-0.4, -0.2) is 38.5 Å². The van der Waals surface area contributed by atoms with Crippen molar-refractivity contribution >= 4 is 30.0 Å². The normalized spacial score (nSPS) is 10.1. The van der Waals surface area contributed by atoms with Crippen LogP contribution in [0.4, 0.5) is 10.3 Å². The van der Waals surface area contributed by atoms with E-state index in [1.165, 1.54) is 23.9 Å². The number of aromatic nitrogens is 3. The molecule has 0 spiro atoms. The van der Waals surface area contributed by atoms with Crippen LogP contribution < -0.4 is 5.32 Å². The van der Waals surface area contributed by atoms with Crippen LogP contribution in [-0.2, 0) is 15.3 Å². The number of nitrogens with zero attached hydrogens (tertiary/aromatic N) is 3. The molecule has 2 aromatic heterocycles. The van der Waals surface area contributed by atoms with E-state index in [4.69, 9.17) is 18.9 Å². The Hall–Kier alpha value is -3.21. The monoisotopic (exact) mass is 408 g/mol. The Morgan fingerprint density at radius 2 is 1.93 bits per heavy atom. The summed E-state index contributed by atoms with van der Waals surface area (Å²) in [5.74, 6) is 1.30. The summed E-state index contributed by atoms with van der Waals surface area (Å²) in [6.07, 6.45) is 0. The summed E-state index contributed by atoms with van der Waals surface area (Å²) in [4.78, 5) is 24.5. The summed E-state index contributed by atoms with van der Waals surface area (Å²) in [7, 11) is 0. The van der Waals surface area contributed by atoms with E-state index in [0.29, 0.717) is 34.3 Å². The van der Waals surface area contributed by atoms with Crippen LogP contribution in [0, 0.1) is 19.7 Å². The molecule has 0 radical (unpaired) electrons. The third kappa shape index (κ3) is 5.91. The summed E-state index contributed by atoms with van der Waals surface area (Å²) < 4.78 is 23.3. The molecule has 1 aromatic carbocycles. The fraction of sp³-hybridized carbons (Fsp3) is 0.235. The number of rotatable bonds is 6. The SMILES string of the molecule is Cc1noc(CSCC(=O)Nc2onc(C)c2-c2ccc(F)cc2)n1.O=CO. The van der Waals surface area contributed by atoms with Gasteiger partial charge in [-0.05, 0) is 31.5 Å². The molecular formula is C17H17FN4O5S. The number of benzene rings is 1. The minimum absolute atomic E-state index is 0.185. The van der Waals surface area contributed by atoms with Gasteiger partial charge in [0.15, 0.2) is 5.82 Å². The Balaban J connectivity index is 0.000000878. The average molecular weight is 408 g/mol. The largest absolute Gasteiger partial charge is 0.483 e. The number of hydrogen-bond donors (Lipinski definition) is 2. The van der Waals surface area contributed by atoms with Crippen LogP contribution in [0.5, 0.6) is 0 Å². The molecule has 0 aliphatic heterocycles. The first-order valence-corrected chi connectivity index (χ1v) is 9.07. The smallest absolute Gasteiger partial charge is 0.290 e. The zero-order valence-electron chi connectivity index (χ0n) is 15.0. The molecule has 0 bridgehead atoms. The van der Waals surface area contributed by atoms with E-state index in [2.05, 4.69) is 20.6 Å². The molecule has 0 aliphatic rings. The molecule has 28 heavy (non-hydrogen) atoms. The third-order valence-corrected chi connectivity index (χ3v) is 4.19. The predicted octanol–water partition coefficient (Wildman–Crippen LogP) is 3.05. The molecule has 148 valence electrons. The van der Waals surface area contributed by atoms with E-state index >= 15 is 0 Å². The fourth-order valence-electron chi connectivity index (χ4n) is 2.20. The van der Waals surface area contributed by atoms with Crippen molar-refractivity contribution in [2.45, 2.75) is 19.6 Å². The molecule has 0 fully saturated rings.